The Kier molecular flexibility index (Phi) is 16.9. The van der Waals surface area contributed by atoms with E-state index in [1.165, 1.54) is 11.9 Å². The predicted molar refractivity (Wildman–Crippen MR) is 243 cm³/mol. The molecule has 1 amide bonds. The number of rotatable bonds is 11. The molecule has 0 bridgehead atoms. The van der Waals surface area contributed by atoms with Crippen molar-refractivity contribution in [2.45, 2.75) is 193 Å². The van der Waals surface area contributed by atoms with Crippen LogP contribution in [0.25, 0.3) is 0 Å². The molecule has 11 nitrogen and oxygen atoms in total. The summed E-state index contributed by atoms with van der Waals surface area (Å²) in [4.78, 5) is 24.9. The van der Waals surface area contributed by atoms with Crippen molar-refractivity contribution in [2.24, 2.45) is 92.7 Å². The summed E-state index contributed by atoms with van der Waals surface area (Å²) in [6, 6.07) is 0. The van der Waals surface area contributed by atoms with E-state index in [2.05, 4.69) is 27.7 Å². The van der Waals surface area contributed by atoms with E-state index >= 15 is 0 Å². The predicted octanol–water partition coefficient (Wildman–Crippen LogP) is 5.37. The number of aliphatic hydroxyl groups is 4. The van der Waals surface area contributed by atoms with Crippen LogP contribution >= 0.6 is 0 Å². The molecule has 17 heteroatoms. The van der Waals surface area contributed by atoms with Gasteiger partial charge in [-0.05, 0) is 183 Å². The molecule has 0 spiro atoms. The number of amides is 1. The van der Waals surface area contributed by atoms with Crippen LogP contribution in [0.4, 0.5) is 17.6 Å². The molecular weight excluding hydrogens is 918 g/mol. The zero-order valence-corrected chi connectivity index (χ0v) is 44.8. The molecule has 0 aromatic heterocycles. The third kappa shape index (κ3) is 10.4. The van der Waals surface area contributed by atoms with Crippen molar-refractivity contribution in [2.75, 3.05) is 19.3 Å². The summed E-state index contributed by atoms with van der Waals surface area (Å²) in [6.45, 7) is 12.8. The molecule has 0 aliphatic heterocycles. The van der Waals surface area contributed by atoms with Crippen LogP contribution in [0.2, 0.25) is 0 Å². The van der Waals surface area contributed by atoms with E-state index in [9.17, 15) is 60.5 Å². The number of aliphatic carboxylic acids is 1. The average molecular weight is 1000 g/mol. The Hall–Kier alpha value is -0.590. The molecule has 0 saturated heterocycles. The number of hydrogen-bond acceptors (Lipinski definition) is 9. The second-order valence-electron chi connectivity index (χ2n) is 24.9. The maximum atomic E-state index is 14.7. The standard InChI is InChI=1S/C27H45F2NO6S.C24H38F2O4.Na/c1-16(5-8-23(33)30(4)11-12-37(34,35)36)18-6-7-19-24-20(9-10-25(18,19)2)26(3)15-27(28,29)22(32)14-17(26)13-21(24)31;1-13(4-7-20(29)30)15-5-6-16-21-17(8-9-22(15,16)2)23(3)12-24(25,26)19(28)11-14(23)10-18(21)27;/h16-22,24,31-32H,5-15H2,1-4H3,(H,34,35,36);13-19,21,27-28H,4-12H2,1-3H3,(H,29,30);/q;;+1/p-1/t16-,17-,18-,19?,20?,21+,22-,24?,25-,26+;13-,14-,15-,16?,17?,18+,19-,21?,22-,23+;/m11./s1. The minimum absolute atomic E-state index is 0. The van der Waals surface area contributed by atoms with Crippen LogP contribution in [-0.4, -0.2) is 111 Å². The zero-order valence-electron chi connectivity index (χ0n) is 42.0. The number of carboxylic acids is 1. The summed E-state index contributed by atoms with van der Waals surface area (Å²) in [5, 5.41) is 51.6. The van der Waals surface area contributed by atoms with Crippen molar-refractivity contribution in [3.8, 4) is 0 Å². The zero-order chi connectivity index (χ0) is 49.6. The molecular formula is C51H82F4NNaO10S. The van der Waals surface area contributed by atoms with E-state index in [1.807, 2.05) is 13.8 Å². The van der Waals surface area contributed by atoms with Gasteiger partial charge in [-0.2, -0.15) is 0 Å². The first-order valence-corrected chi connectivity index (χ1v) is 27.3. The number of carboxylic acid groups (broad SMARTS) is 1. The molecule has 0 aromatic carbocycles. The average Bonchev–Trinajstić information content (AvgIpc) is 3.76. The van der Waals surface area contributed by atoms with Gasteiger partial charge in [0.25, 0.3) is 11.8 Å². The van der Waals surface area contributed by atoms with Gasteiger partial charge in [0.2, 0.25) is 5.91 Å². The van der Waals surface area contributed by atoms with Crippen LogP contribution in [0, 0.1) is 92.7 Å². The second-order valence-corrected chi connectivity index (χ2v) is 26.5. The fraction of sp³-hybridized carbons (Fsp3) is 0.961. The Labute approximate surface area is 425 Å². The van der Waals surface area contributed by atoms with Crippen LogP contribution in [-0.2, 0) is 19.7 Å². The monoisotopic (exact) mass is 1000 g/mol. The molecule has 0 aromatic rings. The molecule has 68 heavy (non-hydrogen) atoms. The quantitative estimate of drug-likeness (QED) is 0.102. The molecule has 6 unspecified atom stereocenters. The largest absolute Gasteiger partial charge is 1.00 e. The van der Waals surface area contributed by atoms with Gasteiger partial charge in [0.05, 0.1) is 28.1 Å². The molecule has 8 aliphatic carbocycles. The van der Waals surface area contributed by atoms with Gasteiger partial charge < -0.3 is 35.0 Å². The van der Waals surface area contributed by atoms with Crippen molar-refractivity contribution in [1.82, 2.24) is 4.90 Å². The number of nitrogens with zero attached hydrogens (tertiary/aromatic N) is 1. The Balaban J connectivity index is 0.000000225. The van der Waals surface area contributed by atoms with Crippen molar-refractivity contribution in [1.29, 1.82) is 0 Å². The van der Waals surface area contributed by atoms with E-state index in [0.29, 0.717) is 49.4 Å². The van der Waals surface area contributed by atoms with Gasteiger partial charge in [0, 0.05) is 39.3 Å². The van der Waals surface area contributed by atoms with Gasteiger partial charge in [0.15, 0.2) is 0 Å². The Morgan fingerprint density at radius 1 is 0.647 bits per heavy atom. The number of carbonyl (C=O) groups is 2. The molecule has 8 aliphatic rings. The van der Waals surface area contributed by atoms with Gasteiger partial charge in [-0.15, -0.1) is 0 Å². The molecule has 386 valence electrons. The summed E-state index contributed by atoms with van der Waals surface area (Å²) >= 11 is 0. The van der Waals surface area contributed by atoms with E-state index in [4.69, 9.17) is 5.11 Å². The summed E-state index contributed by atoms with van der Waals surface area (Å²) in [5.74, 6) is -5.86. The number of alkyl halides is 4. The first kappa shape index (κ1) is 56.7. The molecule has 5 N–H and O–H groups in total. The summed E-state index contributed by atoms with van der Waals surface area (Å²) < 4.78 is 91.2. The van der Waals surface area contributed by atoms with Gasteiger partial charge in [-0.1, -0.05) is 41.5 Å². The Morgan fingerprint density at radius 3 is 1.41 bits per heavy atom. The van der Waals surface area contributed by atoms with Crippen LogP contribution in [0.5, 0.6) is 0 Å². The molecule has 0 heterocycles. The maximum absolute atomic E-state index is 14.7. The van der Waals surface area contributed by atoms with Crippen molar-refractivity contribution >= 4 is 22.0 Å². The molecule has 8 saturated carbocycles. The molecule has 20 atom stereocenters. The van der Waals surface area contributed by atoms with Crippen molar-refractivity contribution in [3.05, 3.63) is 0 Å². The fourth-order valence-electron chi connectivity index (χ4n) is 18.1. The van der Waals surface area contributed by atoms with Gasteiger partial charge in [0.1, 0.15) is 12.2 Å². The van der Waals surface area contributed by atoms with Crippen molar-refractivity contribution < 1.29 is 95.2 Å². The third-order valence-corrected chi connectivity index (χ3v) is 22.3. The Bertz CT molecular complexity index is 1940. The molecule has 0 radical (unpaired) electrons. The maximum Gasteiger partial charge on any atom is 1.00 e. The van der Waals surface area contributed by atoms with Crippen LogP contribution < -0.4 is 29.6 Å². The van der Waals surface area contributed by atoms with Crippen LogP contribution in [0.3, 0.4) is 0 Å². The first-order chi connectivity index (χ1) is 30.9. The van der Waals surface area contributed by atoms with Crippen LogP contribution in [0.15, 0.2) is 0 Å². The molecule has 8 rings (SSSR count). The van der Waals surface area contributed by atoms with Crippen LogP contribution in [0.1, 0.15) is 157 Å². The van der Waals surface area contributed by atoms with E-state index in [1.54, 1.807) is 0 Å². The minimum Gasteiger partial charge on any atom is -0.748 e. The first-order valence-electron chi connectivity index (χ1n) is 25.8. The van der Waals surface area contributed by atoms with Crippen molar-refractivity contribution in [3.63, 3.8) is 0 Å². The van der Waals surface area contributed by atoms with Gasteiger partial charge in [-0.25, -0.2) is 26.0 Å². The number of aliphatic hydroxyl groups excluding tert-OH is 4. The summed E-state index contributed by atoms with van der Waals surface area (Å²) in [7, 11) is -2.86. The van der Waals surface area contributed by atoms with E-state index in [-0.39, 0.29) is 139 Å². The summed E-state index contributed by atoms with van der Waals surface area (Å²) in [5.41, 5.74) is -1.12. The normalized spacial score (nSPS) is 46.3. The summed E-state index contributed by atoms with van der Waals surface area (Å²) in [6.07, 6.45) is 5.50. The third-order valence-electron chi connectivity index (χ3n) is 21.6. The van der Waals surface area contributed by atoms with Gasteiger partial charge >= 0.3 is 35.5 Å². The number of halogens is 4. The SMILES string of the molecule is C[C@H](CCC(=O)N(C)CCS(=O)(=O)[O-])[C@H]1CCC2C3C(CC[C@@]21C)[C@@]1(C)CC(F)(F)[C@H](O)C[C@H]1C[C@@H]3O.C[C@H](CCC(=O)O)[C@H]1CCC2C3C(CC[C@@]21C)[C@@]1(C)CC(F)(F)[C@H](O)C[C@H]1C[C@@H]3O.[Na+]. The van der Waals surface area contributed by atoms with Gasteiger partial charge in [-0.3, -0.25) is 9.59 Å². The number of hydrogen-bond donors (Lipinski definition) is 5. The van der Waals surface area contributed by atoms with E-state index in [0.717, 1.165) is 51.4 Å². The minimum atomic E-state index is -4.37. The number of carbonyl (C=O) groups excluding carboxylic acids is 1. The smallest absolute Gasteiger partial charge is 0.748 e. The fourth-order valence-corrected chi connectivity index (χ4v) is 18.6. The second kappa shape index (κ2) is 20.3. The molecule has 8 fully saturated rings. The Morgan fingerprint density at radius 2 is 1.03 bits per heavy atom. The number of fused-ring (bicyclic) bond motifs is 10. The topological polar surface area (TPSA) is 196 Å². The van der Waals surface area contributed by atoms with E-state index < -0.39 is 68.9 Å².